The van der Waals surface area contributed by atoms with Gasteiger partial charge >= 0.3 is 5.97 Å². The van der Waals surface area contributed by atoms with Crippen molar-refractivity contribution >= 4 is 5.97 Å². The molecule has 1 heterocycles. The van der Waals surface area contributed by atoms with Gasteiger partial charge in [0, 0.05) is 25.7 Å². The normalized spacial score (nSPS) is 27.2. The van der Waals surface area contributed by atoms with Gasteiger partial charge in [0.25, 0.3) is 0 Å². The van der Waals surface area contributed by atoms with Crippen molar-refractivity contribution in [2.45, 2.75) is 46.6 Å². The van der Waals surface area contributed by atoms with E-state index in [0.29, 0.717) is 6.04 Å². The molecule has 4 heteroatoms. The number of carbonyl (C=O) groups is 1. The molecule has 1 saturated heterocycles. The van der Waals surface area contributed by atoms with Crippen LogP contribution in [0.5, 0.6) is 0 Å². The van der Waals surface area contributed by atoms with Crippen molar-refractivity contribution in [2.24, 2.45) is 11.3 Å². The van der Waals surface area contributed by atoms with Gasteiger partial charge in [0.1, 0.15) is 0 Å². The highest BCUT2D eigenvalue weighted by molar-refractivity contribution is 5.75. The third-order valence-corrected chi connectivity index (χ3v) is 3.74. The summed E-state index contributed by atoms with van der Waals surface area (Å²) in [5, 5.41) is 1.83. The second-order valence-electron chi connectivity index (χ2n) is 6.80. The lowest BCUT2D eigenvalue weighted by Gasteiger charge is -2.39. The Kier molecular flexibility index (Phi) is 3.97. The molecule has 2 fully saturated rings. The van der Waals surface area contributed by atoms with E-state index in [0.717, 1.165) is 25.6 Å². The zero-order valence-electron chi connectivity index (χ0n) is 12.1. The van der Waals surface area contributed by atoms with Crippen LogP contribution in [-0.4, -0.2) is 48.2 Å². The molecule has 4 nitrogen and oxygen atoms in total. The van der Waals surface area contributed by atoms with E-state index in [2.05, 4.69) is 11.8 Å². The van der Waals surface area contributed by atoms with Crippen LogP contribution in [0.2, 0.25) is 0 Å². The number of carbonyl (C=O) groups excluding carboxylic acids is 1. The Morgan fingerprint density at radius 1 is 1.28 bits per heavy atom. The Bertz CT molecular complexity index is 307. The lowest BCUT2D eigenvalue weighted by Crippen LogP contribution is -2.53. The molecule has 1 atom stereocenters. The van der Waals surface area contributed by atoms with E-state index in [1.165, 1.54) is 19.4 Å². The topological polar surface area (TPSA) is 32.8 Å². The molecule has 0 aromatic carbocycles. The summed E-state index contributed by atoms with van der Waals surface area (Å²) in [5.41, 5.74) is -0.422. The molecule has 1 saturated carbocycles. The summed E-state index contributed by atoms with van der Waals surface area (Å²) in [5.74, 6) is 0.793. The molecule has 0 bridgehead atoms. The standard InChI is InChI=1S/C14H26N2O2/c1-11-9-16(18-13(17)14(2,3)4)8-7-15(11)10-12-5-6-12/h11-12H,5-10H2,1-4H3/t11-/m0/s1. The Morgan fingerprint density at radius 3 is 2.44 bits per heavy atom. The average molecular weight is 254 g/mol. The van der Waals surface area contributed by atoms with Crippen LogP contribution in [0.1, 0.15) is 40.5 Å². The van der Waals surface area contributed by atoms with Crippen molar-refractivity contribution in [1.29, 1.82) is 0 Å². The minimum atomic E-state index is -0.422. The van der Waals surface area contributed by atoms with Crippen molar-refractivity contribution in [2.75, 3.05) is 26.2 Å². The summed E-state index contributed by atoms with van der Waals surface area (Å²) in [4.78, 5) is 19.8. The van der Waals surface area contributed by atoms with Gasteiger partial charge in [0.05, 0.1) is 12.0 Å². The van der Waals surface area contributed by atoms with Crippen molar-refractivity contribution < 1.29 is 9.63 Å². The quantitative estimate of drug-likeness (QED) is 0.770. The van der Waals surface area contributed by atoms with Gasteiger partial charge in [0.15, 0.2) is 0 Å². The summed E-state index contributed by atoms with van der Waals surface area (Å²) in [6.07, 6.45) is 2.79. The Morgan fingerprint density at radius 2 is 1.94 bits per heavy atom. The summed E-state index contributed by atoms with van der Waals surface area (Å²) in [6, 6.07) is 0.479. The van der Waals surface area contributed by atoms with Gasteiger partial charge in [-0.25, -0.2) is 4.79 Å². The summed E-state index contributed by atoms with van der Waals surface area (Å²) in [7, 11) is 0. The molecular formula is C14H26N2O2. The van der Waals surface area contributed by atoms with Gasteiger partial charge in [-0.1, -0.05) is 0 Å². The Labute approximate surface area is 110 Å². The van der Waals surface area contributed by atoms with Gasteiger partial charge in [-0.2, -0.15) is 0 Å². The van der Waals surface area contributed by atoms with Crippen LogP contribution < -0.4 is 0 Å². The molecule has 0 amide bonds. The highest BCUT2D eigenvalue weighted by Crippen LogP contribution is 2.31. The summed E-state index contributed by atoms with van der Waals surface area (Å²) >= 11 is 0. The van der Waals surface area contributed by atoms with Crippen LogP contribution in [0.25, 0.3) is 0 Å². The summed E-state index contributed by atoms with van der Waals surface area (Å²) in [6.45, 7) is 11.8. The number of piperazine rings is 1. The van der Waals surface area contributed by atoms with Crippen molar-refractivity contribution in [1.82, 2.24) is 9.96 Å². The molecule has 0 aromatic rings. The molecule has 0 N–H and O–H groups in total. The van der Waals surface area contributed by atoms with Gasteiger partial charge in [-0.05, 0) is 46.5 Å². The minimum Gasteiger partial charge on any atom is -0.367 e. The second-order valence-corrected chi connectivity index (χ2v) is 6.80. The zero-order chi connectivity index (χ0) is 13.3. The van der Waals surface area contributed by atoms with Gasteiger partial charge in [-0.15, -0.1) is 5.06 Å². The fourth-order valence-corrected chi connectivity index (χ4v) is 2.20. The number of rotatable bonds is 3. The Hall–Kier alpha value is -0.610. The molecule has 0 unspecified atom stereocenters. The molecule has 1 aliphatic heterocycles. The first kappa shape index (κ1) is 13.8. The average Bonchev–Trinajstić information content (AvgIpc) is 3.04. The lowest BCUT2D eigenvalue weighted by atomic mass is 9.98. The SMILES string of the molecule is C[C@H]1CN(OC(=O)C(C)(C)C)CCN1CC1CC1. The molecule has 104 valence electrons. The summed E-state index contributed by atoms with van der Waals surface area (Å²) < 4.78 is 0. The predicted octanol–water partition coefficient (Wildman–Crippen LogP) is 1.91. The maximum atomic E-state index is 11.8. The third-order valence-electron chi connectivity index (χ3n) is 3.74. The molecular weight excluding hydrogens is 228 g/mol. The molecule has 1 aliphatic carbocycles. The molecule has 2 rings (SSSR count). The zero-order valence-corrected chi connectivity index (χ0v) is 12.1. The first-order valence-corrected chi connectivity index (χ1v) is 7.07. The second kappa shape index (κ2) is 5.17. The first-order chi connectivity index (χ1) is 8.36. The van der Waals surface area contributed by atoms with E-state index in [1.54, 1.807) is 0 Å². The van der Waals surface area contributed by atoms with Gasteiger partial charge in [0.2, 0.25) is 0 Å². The van der Waals surface area contributed by atoms with E-state index < -0.39 is 5.41 Å². The largest absolute Gasteiger partial charge is 0.367 e. The van der Waals surface area contributed by atoms with E-state index in [-0.39, 0.29) is 5.97 Å². The van der Waals surface area contributed by atoms with Crippen LogP contribution >= 0.6 is 0 Å². The number of nitrogens with zero attached hydrogens (tertiary/aromatic N) is 2. The lowest BCUT2D eigenvalue weighted by molar-refractivity contribution is -0.210. The maximum Gasteiger partial charge on any atom is 0.330 e. The van der Waals surface area contributed by atoms with Crippen molar-refractivity contribution in [3.05, 3.63) is 0 Å². The van der Waals surface area contributed by atoms with E-state index in [4.69, 9.17) is 4.84 Å². The highest BCUT2D eigenvalue weighted by atomic mass is 16.7. The smallest absolute Gasteiger partial charge is 0.330 e. The fraction of sp³-hybridized carbons (Fsp3) is 0.929. The molecule has 2 aliphatic rings. The number of hydroxylamine groups is 2. The van der Waals surface area contributed by atoms with Gasteiger partial charge in [-0.3, -0.25) is 4.90 Å². The monoisotopic (exact) mass is 254 g/mol. The van der Waals surface area contributed by atoms with Crippen molar-refractivity contribution in [3.8, 4) is 0 Å². The van der Waals surface area contributed by atoms with E-state index >= 15 is 0 Å². The van der Waals surface area contributed by atoms with E-state index in [1.807, 2.05) is 25.8 Å². The first-order valence-electron chi connectivity index (χ1n) is 7.07. The van der Waals surface area contributed by atoms with Gasteiger partial charge < -0.3 is 4.84 Å². The van der Waals surface area contributed by atoms with Crippen LogP contribution in [0, 0.1) is 11.3 Å². The third kappa shape index (κ3) is 3.69. The van der Waals surface area contributed by atoms with Crippen LogP contribution in [0.3, 0.4) is 0 Å². The van der Waals surface area contributed by atoms with Crippen LogP contribution in [0.4, 0.5) is 0 Å². The number of hydrogen-bond donors (Lipinski definition) is 0. The fourth-order valence-electron chi connectivity index (χ4n) is 2.20. The molecule has 0 spiro atoms. The van der Waals surface area contributed by atoms with Crippen LogP contribution in [0.15, 0.2) is 0 Å². The predicted molar refractivity (Wildman–Crippen MR) is 70.9 cm³/mol. The maximum absolute atomic E-state index is 11.8. The van der Waals surface area contributed by atoms with Crippen LogP contribution in [-0.2, 0) is 9.63 Å². The number of hydrogen-bond acceptors (Lipinski definition) is 4. The molecule has 18 heavy (non-hydrogen) atoms. The Balaban J connectivity index is 1.78. The highest BCUT2D eigenvalue weighted by Gasteiger charge is 2.32. The minimum absolute atomic E-state index is 0.134. The van der Waals surface area contributed by atoms with E-state index in [9.17, 15) is 4.79 Å². The van der Waals surface area contributed by atoms with Crippen molar-refractivity contribution in [3.63, 3.8) is 0 Å². The molecule has 0 radical (unpaired) electrons. The molecule has 0 aromatic heterocycles.